The van der Waals surface area contributed by atoms with Crippen LogP contribution in [-0.4, -0.2) is 103 Å². The number of piperidine rings is 2. The summed E-state index contributed by atoms with van der Waals surface area (Å²) in [6.45, 7) is 7.79. The number of carbonyl (C=O) groups is 1. The van der Waals surface area contributed by atoms with Gasteiger partial charge in [0.2, 0.25) is 10.0 Å². The van der Waals surface area contributed by atoms with Crippen molar-refractivity contribution in [2.75, 3.05) is 51.3 Å². The van der Waals surface area contributed by atoms with Gasteiger partial charge in [-0.15, -0.1) is 0 Å². The predicted molar refractivity (Wildman–Crippen MR) is 159 cm³/mol. The zero-order valence-corrected chi connectivity index (χ0v) is 25.6. The van der Waals surface area contributed by atoms with E-state index >= 15 is 0 Å². The van der Waals surface area contributed by atoms with Crippen molar-refractivity contribution in [3.63, 3.8) is 0 Å². The lowest BCUT2D eigenvalue weighted by atomic mass is 9.97. The fourth-order valence-electron chi connectivity index (χ4n) is 6.41. The molecule has 3 aliphatic heterocycles. The van der Waals surface area contributed by atoms with E-state index in [1.807, 2.05) is 11.8 Å². The third kappa shape index (κ3) is 7.07. The van der Waals surface area contributed by atoms with Gasteiger partial charge in [0, 0.05) is 44.3 Å². The summed E-state index contributed by atoms with van der Waals surface area (Å²) in [7, 11) is -1.49. The van der Waals surface area contributed by atoms with Gasteiger partial charge in [-0.2, -0.15) is 0 Å². The molecular weight excluding hydrogens is 540 g/mol. The summed E-state index contributed by atoms with van der Waals surface area (Å²) in [5, 5.41) is 3.41. The van der Waals surface area contributed by atoms with Crippen LogP contribution in [-0.2, 0) is 14.8 Å². The summed E-state index contributed by atoms with van der Waals surface area (Å²) in [5.74, 6) is 0.638. The molecule has 4 heterocycles. The van der Waals surface area contributed by atoms with Gasteiger partial charge in [-0.25, -0.2) is 22.7 Å². The number of aromatic nitrogens is 2. The lowest BCUT2D eigenvalue weighted by molar-refractivity contribution is 0.0521. The summed E-state index contributed by atoms with van der Waals surface area (Å²) >= 11 is 0. The quantitative estimate of drug-likeness (QED) is 0.503. The van der Waals surface area contributed by atoms with Gasteiger partial charge >= 0.3 is 0 Å². The number of sulfonamides is 1. The summed E-state index contributed by atoms with van der Waals surface area (Å²) < 4.78 is 31.6. The summed E-state index contributed by atoms with van der Waals surface area (Å²) in [6.07, 6.45) is 8.43. The molecule has 1 aromatic heterocycles. The highest BCUT2D eigenvalue weighted by Gasteiger charge is 2.33. The van der Waals surface area contributed by atoms with Crippen LogP contribution in [0.3, 0.4) is 0 Å². The standard InChI is InChI=1S/C30H44N6O4S/c1-21-5-7-23(8-6-21)27-10-9-26(40-27)19-31-29-22(2)28(32-20-33-29)30(37)36-17-13-25(14-18-36)35-15-11-24(12-16-35)34(3)41(4,38)39/h5-8,20,24-27H,9-19H2,1-4H3,(H,31,32,33)/t26-,27?/m1/s1. The second-order valence-corrected chi connectivity index (χ2v) is 13.9. The van der Waals surface area contributed by atoms with Crippen molar-refractivity contribution in [2.45, 2.75) is 76.7 Å². The Morgan fingerprint density at radius 1 is 1.00 bits per heavy atom. The van der Waals surface area contributed by atoms with Gasteiger partial charge in [-0.1, -0.05) is 29.8 Å². The smallest absolute Gasteiger partial charge is 0.272 e. The van der Waals surface area contributed by atoms with E-state index in [4.69, 9.17) is 4.74 Å². The van der Waals surface area contributed by atoms with E-state index in [0.29, 0.717) is 37.2 Å². The van der Waals surface area contributed by atoms with Crippen LogP contribution in [0.4, 0.5) is 5.82 Å². The number of nitrogens with one attached hydrogen (secondary N) is 1. The number of hydrogen-bond acceptors (Lipinski definition) is 8. The number of nitrogens with zero attached hydrogens (tertiary/aromatic N) is 5. The van der Waals surface area contributed by atoms with Crippen LogP contribution >= 0.6 is 0 Å². The Labute approximate surface area is 244 Å². The summed E-state index contributed by atoms with van der Waals surface area (Å²) in [6, 6.07) is 9.03. The van der Waals surface area contributed by atoms with Crippen molar-refractivity contribution in [1.29, 1.82) is 0 Å². The van der Waals surface area contributed by atoms with Crippen LogP contribution in [0.25, 0.3) is 0 Å². The van der Waals surface area contributed by atoms with Crippen LogP contribution in [0.2, 0.25) is 0 Å². The van der Waals surface area contributed by atoms with Gasteiger partial charge in [0.15, 0.2) is 0 Å². The Morgan fingerprint density at radius 3 is 2.34 bits per heavy atom. The molecule has 3 fully saturated rings. The Balaban J connectivity index is 1.10. The highest BCUT2D eigenvalue weighted by Crippen LogP contribution is 2.33. The second-order valence-electron chi connectivity index (χ2n) is 11.9. The Morgan fingerprint density at radius 2 is 1.68 bits per heavy atom. The lowest BCUT2D eigenvalue weighted by Crippen LogP contribution is -2.52. The summed E-state index contributed by atoms with van der Waals surface area (Å²) in [4.78, 5) is 26.6. The van der Waals surface area contributed by atoms with E-state index in [0.717, 1.165) is 57.2 Å². The maximum Gasteiger partial charge on any atom is 0.272 e. The molecule has 0 saturated carbocycles. The van der Waals surface area contributed by atoms with Crippen molar-refractivity contribution in [2.24, 2.45) is 0 Å². The zero-order valence-electron chi connectivity index (χ0n) is 24.8. The number of anilines is 1. The second kappa shape index (κ2) is 12.7. The van der Waals surface area contributed by atoms with Crippen molar-refractivity contribution in [3.05, 3.63) is 53.0 Å². The first-order chi connectivity index (χ1) is 19.6. The van der Waals surface area contributed by atoms with E-state index in [-0.39, 0.29) is 24.2 Å². The van der Waals surface area contributed by atoms with E-state index in [9.17, 15) is 13.2 Å². The van der Waals surface area contributed by atoms with Crippen LogP contribution < -0.4 is 5.32 Å². The highest BCUT2D eigenvalue weighted by atomic mass is 32.2. The average Bonchev–Trinajstić information content (AvgIpc) is 3.45. The van der Waals surface area contributed by atoms with E-state index in [2.05, 4.69) is 51.4 Å². The molecule has 1 amide bonds. The number of benzene rings is 1. The maximum atomic E-state index is 13.5. The molecule has 41 heavy (non-hydrogen) atoms. The van der Waals surface area contributed by atoms with Crippen molar-refractivity contribution in [3.8, 4) is 0 Å². The maximum absolute atomic E-state index is 13.5. The third-order valence-electron chi connectivity index (χ3n) is 9.15. The Kier molecular flexibility index (Phi) is 9.27. The molecule has 0 aliphatic carbocycles. The highest BCUT2D eigenvalue weighted by molar-refractivity contribution is 7.88. The van der Waals surface area contributed by atoms with E-state index in [1.165, 1.54) is 28.0 Å². The molecular formula is C30H44N6O4S. The van der Waals surface area contributed by atoms with E-state index in [1.54, 1.807) is 7.05 Å². The van der Waals surface area contributed by atoms with Crippen molar-refractivity contribution >= 4 is 21.7 Å². The molecule has 3 saturated heterocycles. The molecule has 0 bridgehead atoms. The largest absolute Gasteiger partial charge is 0.368 e. The first kappa shape index (κ1) is 29.9. The molecule has 1 aromatic carbocycles. The van der Waals surface area contributed by atoms with Crippen LogP contribution in [0.5, 0.6) is 0 Å². The van der Waals surface area contributed by atoms with Crippen LogP contribution in [0.15, 0.2) is 30.6 Å². The number of amides is 1. The molecule has 2 aromatic rings. The molecule has 1 N–H and O–H groups in total. The van der Waals surface area contributed by atoms with Crippen molar-refractivity contribution < 1.29 is 17.9 Å². The third-order valence-corrected chi connectivity index (χ3v) is 10.5. The number of likely N-dealkylation sites (tertiary alicyclic amines) is 2. The number of hydrogen-bond donors (Lipinski definition) is 1. The van der Waals surface area contributed by atoms with Gasteiger partial charge in [-0.3, -0.25) is 4.79 Å². The summed E-state index contributed by atoms with van der Waals surface area (Å²) in [5.41, 5.74) is 3.69. The topological polar surface area (TPSA) is 108 Å². The normalized spacial score (nSPS) is 23.3. The number of aryl methyl sites for hydroxylation is 1. The van der Waals surface area contributed by atoms with Crippen LogP contribution in [0, 0.1) is 13.8 Å². The van der Waals surface area contributed by atoms with Gasteiger partial charge < -0.3 is 19.9 Å². The molecule has 0 radical (unpaired) electrons. The molecule has 3 aliphatic rings. The monoisotopic (exact) mass is 584 g/mol. The minimum Gasteiger partial charge on any atom is -0.368 e. The molecule has 1 unspecified atom stereocenters. The molecule has 5 rings (SSSR count). The van der Waals surface area contributed by atoms with Crippen molar-refractivity contribution in [1.82, 2.24) is 24.1 Å². The molecule has 224 valence electrons. The van der Waals surface area contributed by atoms with Gasteiger partial charge in [-0.05, 0) is 71.0 Å². The molecule has 10 nitrogen and oxygen atoms in total. The lowest BCUT2D eigenvalue weighted by Gasteiger charge is -2.43. The number of rotatable bonds is 8. The fraction of sp³-hybridized carbons (Fsp3) is 0.633. The fourth-order valence-corrected chi connectivity index (χ4v) is 7.16. The van der Waals surface area contributed by atoms with Crippen LogP contribution in [0.1, 0.15) is 71.8 Å². The molecule has 0 spiro atoms. The predicted octanol–water partition coefficient (Wildman–Crippen LogP) is 3.39. The van der Waals surface area contributed by atoms with Gasteiger partial charge in [0.25, 0.3) is 5.91 Å². The minimum atomic E-state index is -3.17. The first-order valence-corrected chi connectivity index (χ1v) is 16.7. The first-order valence-electron chi connectivity index (χ1n) is 14.8. The Bertz CT molecular complexity index is 1300. The van der Waals surface area contributed by atoms with E-state index < -0.39 is 10.0 Å². The number of ether oxygens (including phenoxy) is 1. The average molecular weight is 585 g/mol. The SMILES string of the molecule is Cc1ccc(C2CC[C@H](CNc3ncnc(C(=O)N4CCC(N5CCC(N(C)S(C)(=O)=O)CC5)CC4)c3C)O2)cc1. The molecule has 11 heteroatoms. The number of carbonyl (C=O) groups excluding carboxylic acids is 1. The van der Waals surface area contributed by atoms with Gasteiger partial charge in [0.1, 0.15) is 17.8 Å². The minimum absolute atomic E-state index is 0.0450. The molecule has 2 atom stereocenters. The van der Waals surface area contributed by atoms with Gasteiger partial charge in [0.05, 0.1) is 18.5 Å². The zero-order chi connectivity index (χ0) is 29.1. The Hall–Kier alpha value is -2.60.